The molecule has 0 bridgehead atoms. The molecule has 0 saturated carbocycles. The van der Waals surface area contributed by atoms with E-state index >= 15 is 0 Å². The summed E-state index contributed by atoms with van der Waals surface area (Å²) in [7, 11) is 0. The molecule has 1 aliphatic heterocycles. The third kappa shape index (κ3) is 2.85. The van der Waals surface area contributed by atoms with Gasteiger partial charge in [-0.1, -0.05) is 31.2 Å². The molecular formula is C17H25NO. The zero-order valence-electron chi connectivity index (χ0n) is 11.9. The monoisotopic (exact) mass is 259 g/mol. The highest BCUT2D eigenvalue weighted by molar-refractivity contribution is 5.41. The molecule has 2 heteroatoms. The molecule has 1 aliphatic carbocycles. The highest BCUT2D eigenvalue weighted by Crippen LogP contribution is 2.39. The maximum atomic E-state index is 5.48. The first-order valence-electron chi connectivity index (χ1n) is 7.77. The molecule has 0 spiro atoms. The zero-order chi connectivity index (χ0) is 13.1. The van der Waals surface area contributed by atoms with E-state index in [1.54, 1.807) is 11.1 Å². The molecule has 2 aliphatic rings. The van der Waals surface area contributed by atoms with Gasteiger partial charge in [-0.05, 0) is 49.3 Å². The Kier molecular flexibility index (Phi) is 4.19. The second kappa shape index (κ2) is 6.06. The van der Waals surface area contributed by atoms with E-state index in [1.807, 2.05) is 0 Å². The molecule has 1 fully saturated rings. The largest absolute Gasteiger partial charge is 0.381 e. The minimum absolute atomic E-state index is 0.656. The van der Waals surface area contributed by atoms with Crippen LogP contribution in [0.4, 0.5) is 0 Å². The van der Waals surface area contributed by atoms with Gasteiger partial charge in [0, 0.05) is 25.2 Å². The van der Waals surface area contributed by atoms with Crippen LogP contribution in [0.2, 0.25) is 0 Å². The topological polar surface area (TPSA) is 21.3 Å². The van der Waals surface area contributed by atoms with E-state index in [4.69, 9.17) is 4.74 Å². The molecule has 0 aromatic heterocycles. The van der Waals surface area contributed by atoms with E-state index in [2.05, 4.69) is 36.5 Å². The average Bonchev–Trinajstić information content (AvgIpc) is 2.41. The quantitative estimate of drug-likeness (QED) is 0.877. The summed E-state index contributed by atoms with van der Waals surface area (Å²) >= 11 is 0. The molecule has 0 amide bonds. The molecule has 1 saturated heterocycles. The second-order valence-electron chi connectivity index (χ2n) is 5.97. The molecule has 1 aromatic rings. The van der Waals surface area contributed by atoms with E-state index in [0.717, 1.165) is 31.6 Å². The number of fused-ring (bicyclic) bond motifs is 1. The number of hydrogen-bond acceptors (Lipinski definition) is 2. The molecule has 1 N–H and O–H groups in total. The van der Waals surface area contributed by atoms with Crippen LogP contribution >= 0.6 is 0 Å². The van der Waals surface area contributed by atoms with E-state index in [-0.39, 0.29) is 0 Å². The normalized spacial score (nSPS) is 24.6. The zero-order valence-corrected chi connectivity index (χ0v) is 11.9. The van der Waals surface area contributed by atoms with Crippen LogP contribution in [-0.4, -0.2) is 25.8 Å². The van der Waals surface area contributed by atoms with Crippen molar-refractivity contribution >= 4 is 0 Å². The summed E-state index contributed by atoms with van der Waals surface area (Å²) in [6.45, 7) is 5.23. The summed E-state index contributed by atoms with van der Waals surface area (Å²) in [5.74, 6) is 1.59. The number of ether oxygens (including phenoxy) is 1. The molecule has 1 aromatic carbocycles. The van der Waals surface area contributed by atoms with Crippen LogP contribution in [0, 0.1) is 5.92 Å². The molecular weight excluding hydrogens is 234 g/mol. The van der Waals surface area contributed by atoms with Gasteiger partial charge in [0.15, 0.2) is 0 Å². The van der Waals surface area contributed by atoms with Gasteiger partial charge in [0.25, 0.3) is 0 Å². The van der Waals surface area contributed by atoms with Gasteiger partial charge in [0.1, 0.15) is 0 Å². The predicted molar refractivity (Wildman–Crippen MR) is 78.5 cm³/mol. The first kappa shape index (κ1) is 13.1. The van der Waals surface area contributed by atoms with Crippen molar-refractivity contribution in [2.45, 2.75) is 44.6 Å². The van der Waals surface area contributed by atoms with Crippen molar-refractivity contribution < 1.29 is 4.74 Å². The first-order chi connectivity index (χ1) is 9.38. The van der Waals surface area contributed by atoms with Crippen molar-refractivity contribution in [3.8, 4) is 0 Å². The highest BCUT2D eigenvalue weighted by atomic mass is 16.5. The van der Waals surface area contributed by atoms with Crippen molar-refractivity contribution in [3.63, 3.8) is 0 Å². The van der Waals surface area contributed by atoms with Crippen molar-refractivity contribution in [3.05, 3.63) is 35.4 Å². The third-order valence-electron chi connectivity index (χ3n) is 4.77. The molecule has 3 rings (SSSR count). The van der Waals surface area contributed by atoms with Gasteiger partial charge in [-0.15, -0.1) is 0 Å². The summed E-state index contributed by atoms with van der Waals surface area (Å²) in [5, 5.41) is 3.73. The summed E-state index contributed by atoms with van der Waals surface area (Å²) < 4.78 is 5.48. The van der Waals surface area contributed by atoms with Gasteiger partial charge in [-0.25, -0.2) is 0 Å². The summed E-state index contributed by atoms with van der Waals surface area (Å²) in [6, 6.07) is 9.60. The minimum Gasteiger partial charge on any atom is -0.381 e. The summed E-state index contributed by atoms with van der Waals surface area (Å²) in [6.07, 6.45) is 5.07. The molecule has 0 radical (unpaired) electrons. The van der Waals surface area contributed by atoms with Crippen molar-refractivity contribution in [2.24, 2.45) is 5.92 Å². The van der Waals surface area contributed by atoms with E-state index in [0.29, 0.717) is 6.04 Å². The molecule has 2 unspecified atom stereocenters. The third-order valence-corrected chi connectivity index (χ3v) is 4.77. The number of nitrogens with one attached hydrogen (secondary N) is 1. The lowest BCUT2D eigenvalue weighted by molar-refractivity contribution is 0.0591. The summed E-state index contributed by atoms with van der Waals surface area (Å²) in [4.78, 5) is 0. The number of rotatable bonds is 5. The maximum absolute atomic E-state index is 5.48. The second-order valence-corrected chi connectivity index (χ2v) is 5.97. The Labute approximate surface area is 116 Å². The molecule has 1 heterocycles. The number of hydrogen-bond donors (Lipinski definition) is 1. The molecule has 19 heavy (non-hydrogen) atoms. The first-order valence-corrected chi connectivity index (χ1v) is 7.77. The van der Waals surface area contributed by atoms with Crippen LogP contribution in [0.5, 0.6) is 0 Å². The van der Waals surface area contributed by atoms with Crippen LogP contribution in [0.3, 0.4) is 0 Å². The Morgan fingerprint density at radius 1 is 1.26 bits per heavy atom. The van der Waals surface area contributed by atoms with Gasteiger partial charge in [-0.2, -0.15) is 0 Å². The lowest BCUT2D eigenvalue weighted by Crippen LogP contribution is -2.41. The van der Waals surface area contributed by atoms with Crippen LogP contribution < -0.4 is 5.32 Å². The Balaban J connectivity index is 1.65. The van der Waals surface area contributed by atoms with Gasteiger partial charge < -0.3 is 10.1 Å². The fourth-order valence-corrected chi connectivity index (χ4v) is 3.65. The Morgan fingerprint density at radius 3 is 2.79 bits per heavy atom. The van der Waals surface area contributed by atoms with Gasteiger partial charge in [0.05, 0.1) is 0 Å². The standard InChI is InChI=1S/C17H25NO/c1-2-18-17(11-13-7-9-19-10-8-13)16-12-14-5-3-4-6-15(14)16/h3-6,13,16-18H,2,7-12H2,1H3. The average molecular weight is 259 g/mol. The van der Waals surface area contributed by atoms with Crippen molar-refractivity contribution in [1.29, 1.82) is 0 Å². The van der Waals surface area contributed by atoms with E-state index in [1.165, 1.54) is 25.7 Å². The van der Waals surface area contributed by atoms with Crippen LogP contribution in [0.1, 0.15) is 43.2 Å². The number of benzene rings is 1. The van der Waals surface area contributed by atoms with Crippen LogP contribution in [0.25, 0.3) is 0 Å². The van der Waals surface area contributed by atoms with Crippen LogP contribution in [0.15, 0.2) is 24.3 Å². The fraction of sp³-hybridized carbons (Fsp3) is 0.647. The number of likely N-dealkylation sites (N-methyl/N-ethyl adjacent to an activating group) is 1. The van der Waals surface area contributed by atoms with Gasteiger partial charge in [0.2, 0.25) is 0 Å². The highest BCUT2D eigenvalue weighted by Gasteiger charge is 2.33. The lowest BCUT2D eigenvalue weighted by Gasteiger charge is -2.39. The van der Waals surface area contributed by atoms with E-state index in [9.17, 15) is 0 Å². The smallest absolute Gasteiger partial charge is 0.0468 e. The Morgan fingerprint density at radius 2 is 2.05 bits per heavy atom. The van der Waals surface area contributed by atoms with Crippen molar-refractivity contribution in [2.75, 3.05) is 19.8 Å². The van der Waals surface area contributed by atoms with Gasteiger partial charge >= 0.3 is 0 Å². The molecule has 2 nitrogen and oxygen atoms in total. The van der Waals surface area contributed by atoms with Gasteiger partial charge in [-0.3, -0.25) is 0 Å². The molecule has 2 atom stereocenters. The molecule has 104 valence electrons. The van der Waals surface area contributed by atoms with Crippen LogP contribution in [-0.2, 0) is 11.2 Å². The predicted octanol–water partition coefficient (Wildman–Crippen LogP) is 3.12. The lowest BCUT2D eigenvalue weighted by atomic mass is 9.71. The van der Waals surface area contributed by atoms with Crippen molar-refractivity contribution in [1.82, 2.24) is 5.32 Å². The Hall–Kier alpha value is -0.860. The summed E-state index contributed by atoms with van der Waals surface area (Å²) in [5.41, 5.74) is 3.14. The minimum atomic E-state index is 0.656. The fourth-order valence-electron chi connectivity index (χ4n) is 3.65. The van der Waals surface area contributed by atoms with E-state index < -0.39 is 0 Å². The SMILES string of the molecule is CCNC(CC1CCOCC1)C1Cc2ccccc21. The maximum Gasteiger partial charge on any atom is 0.0468 e. The Bertz CT molecular complexity index is 411.